The molecule has 2 atom stereocenters. The number of benzene rings is 1. The summed E-state index contributed by atoms with van der Waals surface area (Å²) in [6.07, 6.45) is 4.33. The molecule has 0 unspecified atom stereocenters. The van der Waals surface area contributed by atoms with Crippen LogP contribution in [0.4, 0.5) is 11.4 Å². The fourth-order valence-corrected chi connectivity index (χ4v) is 4.86. The fraction of sp³-hybridized carbons (Fsp3) is 0.588. The van der Waals surface area contributed by atoms with E-state index in [0.717, 1.165) is 35.0 Å². The Balaban J connectivity index is 1.91. The number of thioether (sulfide) groups is 1. The van der Waals surface area contributed by atoms with E-state index in [9.17, 15) is 15.2 Å². The Bertz CT molecular complexity index is 656. The summed E-state index contributed by atoms with van der Waals surface area (Å²) in [5, 5.41) is 22.0. The Morgan fingerprint density at radius 3 is 2.71 bits per heavy atom. The molecule has 3 rings (SSSR count). The normalized spacial score (nSPS) is 24.7. The number of aliphatic hydroxyl groups excluding tert-OH is 1. The van der Waals surface area contributed by atoms with Crippen molar-refractivity contribution in [1.29, 1.82) is 0 Å². The van der Waals surface area contributed by atoms with Gasteiger partial charge in [0.1, 0.15) is 0 Å². The molecular formula is C17H23N3O3S. The van der Waals surface area contributed by atoms with E-state index >= 15 is 0 Å². The minimum Gasteiger partial charge on any atom is -0.391 e. The van der Waals surface area contributed by atoms with Gasteiger partial charge in [0.15, 0.2) is 5.17 Å². The number of rotatable bonds is 4. The molecule has 1 saturated carbocycles. The van der Waals surface area contributed by atoms with E-state index in [1.165, 1.54) is 18.9 Å². The lowest BCUT2D eigenvalue weighted by atomic mass is 10.1. The molecule has 2 aliphatic rings. The van der Waals surface area contributed by atoms with Crippen LogP contribution in [0.3, 0.4) is 0 Å². The molecule has 0 radical (unpaired) electrons. The number of non-ortho nitro benzene ring substituents is 1. The van der Waals surface area contributed by atoms with Crippen LogP contribution in [0.15, 0.2) is 23.2 Å². The smallest absolute Gasteiger partial charge is 0.269 e. The number of aryl methyl sites for hydroxylation is 1. The van der Waals surface area contributed by atoms with Gasteiger partial charge in [-0.3, -0.25) is 10.1 Å². The van der Waals surface area contributed by atoms with Crippen molar-refractivity contribution in [3.63, 3.8) is 0 Å². The van der Waals surface area contributed by atoms with E-state index in [4.69, 9.17) is 4.99 Å². The summed E-state index contributed by atoms with van der Waals surface area (Å²) in [6, 6.07) is 5.30. The number of nitrogens with zero attached hydrogens (tertiary/aromatic N) is 3. The number of hydrogen-bond donors (Lipinski definition) is 1. The molecule has 6 nitrogen and oxygen atoms in total. The molecule has 7 heteroatoms. The van der Waals surface area contributed by atoms with Gasteiger partial charge in [-0.1, -0.05) is 24.6 Å². The van der Waals surface area contributed by atoms with Crippen LogP contribution in [0.25, 0.3) is 0 Å². The standard InChI is InChI=1S/C17H23N3O3S/c1-11-9-14(20(22)23)7-8-15(11)18-17-19(13-5-3-4-6-13)16(10-24-17)12(2)21/h7-9,12-13,16,21H,3-6,10H2,1-2H3/t12-,16-/m0/s1. The maximum absolute atomic E-state index is 10.9. The molecule has 2 fully saturated rings. The Labute approximate surface area is 146 Å². The average molecular weight is 349 g/mol. The Morgan fingerprint density at radius 2 is 2.12 bits per heavy atom. The van der Waals surface area contributed by atoms with E-state index < -0.39 is 6.10 Å². The van der Waals surface area contributed by atoms with Crippen LogP contribution in [0, 0.1) is 17.0 Å². The maximum Gasteiger partial charge on any atom is 0.269 e. The van der Waals surface area contributed by atoms with Crippen LogP contribution in [-0.2, 0) is 0 Å². The molecule has 0 aromatic heterocycles. The van der Waals surface area contributed by atoms with Gasteiger partial charge >= 0.3 is 0 Å². The number of hydrogen-bond acceptors (Lipinski definition) is 5. The molecule has 0 spiro atoms. The number of aliphatic imine (C=N–C) groups is 1. The van der Waals surface area contributed by atoms with Crippen molar-refractivity contribution < 1.29 is 10.0 Å². The highest BCUT2D eigenvalue weighted by molar-refractivity contribution is 8.14. The zero-order valence-electron chi connectivity index (χ0n) is 14.0. The molecule has 0 bridgehead atoms. The lowest BCUT2D eigenvalue weighted by Gasteiger charge is -2.33. The van der Waals surface area contributed by atoms with Crippen LogP contribution in [0.5, 0.6) is 0 Å². The highest BCUT2D eigenvalue weighted by Crippen LogP contribution is 2.36. The van der Waals surface area contributed by atoms with Gasteiger partial charge in [-0.05, 0) is 38.3 Å². The molecule has 1 heterocycles. The first kappa shape index (κ1) is 17.2. The van der Waals surface area contributed by atoms with Gasteiger partial charge in [0.05, 0.1) is 22.8 Å². The van der Waals surface area contributed by atoms with Gasteiger partial charge in [-0.25, -0.2) is 4.99 Å². The Kier molecular flexibility index (Phi) is 5.10. The summed E-state index contributed by atoms with van der Waals surface area (Å²) in [6.45, 7) is 3.69. The molecule has 1 aromatic carbocycles. The van der Waals surface area contributed by atoms with Crippen molar-refractivity contribution in [1.82, 2.24) is 4.90 Å². The highest BCUT2D eigenvalue weighted by Gasteiger charge is 2.38. The molecule has 24 heavy (non-hydrogen) atoms. The highest BCUT2D eigenvalue weighted by atomic mass is 32.2. The number of nitro groups is 1. The first-order valence-corrected chi connectivity index (χ1v) is 9.39. The number of nitro benzene ring substituents is 1. The maximum atomic E-state index is 10.9. The van der Waals surface area contributed by atoms with Crippen molar-refractivity contribution in [3.8, 4) is 0 Å². The van der Waals surface area contributed by atoms with Gasteiger partial charge < -0.3 is 10.0 Å². The second-order valence-electron chi connectivity index (χ2n) is 6.59. The molecule has 0 amide bonds. The predicted molar refractivity (Wildman–Crippen MR) is 97.0 cm³/mol. The van der Waals surface area contributed by atoms with E-state index in [1.54, 1.807) is 23.9 Å². The second kappa shape index (κ2) is 7.11. The number of amidine groups is 1. The Morgan fingerprint density at radius 1 is 1.42 bits per heavy atom. The van der Waals surface area contributed by atoms with Gasteiger partial charge in [0.25, 0.3) is 5.69 Å². The van der Waals surface area contributed by atoms with Crippen molar-refractivity contribution in [2.75, 3.05) is 5.75 Å². The largest absolute Gasteiger partial charge is 0.391 e. The average Bonchev–Trinajstić information content (AvgIpc) is 3.17. The van der Waals surface area contributed by atoms with E-state index in [1.807, 2.05) is 13.8 Å². The van der Waals surface area contributed by atoms with Crippen LogP contribution in [0.2, 0.25) is 0 Å². The van der Waals surface area contributed by atoms with Gasteiger partial charge in [0.2, 0.25) is 0 Å². The van der Waals surface area contributed by atoms with Crippen molar-refractivity contribution >= 4 is 28.3 Å². The molecule has 1 saturated heterocycles. The van der Waals surface area contributed by atoms with Crippen LogP contribution >= 0.6 is 11.8 Å². The minimum atomic E-state index is -0.399. The van der Waals surface area contributed by atoms with Gasteiger partial charge in [-0.2, -0.15) is 0 Å². The third-order valence-corrected chi connectivity index (χ3v) is 5.91. The quantitative estimate of drug-likeness (QED) is 0.663. The summed E-state index contributed by atoms with van der Waals surface area (Å²) in [7, 11) is 0. The monoisotopic (exact) mass is 349 g/mol. The van der Waals surface area contributed by atoms with E-state index in [-0.39, 0.29) is 16.7 Å². The van der Waals surface area contributed by atoms with Crippen molar-refractivity contribution in [3.05, 3.63) is 33.9 Å². The summed E-state index contributed by atoms with van der Waals surface area (Å²) >= 11 is 1.67. The van der Waals surface area contributed by atoms with Crippen molar-refractivity contribution in [2.45, 2.75) is 57.7 Å². The summed E-state index contributed by atoms with van der Waals surface area (Å²) < 4.78 is 0. The Hall–Kier alpha value is -1.60. The first-order chi connectivity index (χ1) is 11.5. The minimum absolute atomic E-state index is 0.0880. The van der Waals surface area contributed by atoms with Crippen LogP contribution in [-0.4, -0.2) is 44.0 Å². The second-order valence-corrected chi connectivity index (χ2v) is 7.57. The number of aliphatic hydroxyl groups is 1. The lowest BCUT2D eigenvalue weighted by molar-refractivity contribution is -0.384. The van der Waals surface area contributed by atoms with E-state index in [0.29, 0.717) is 6.04 Å². The van der Waals surface area contributed by atoms with Crippen molar-refractivity contribution in [2.24, 2.45) is 4.99 Å². The fourth-order valence-electron chi connectivity index (χ4n) is 3.51. The molecule has 1 aliphatic heterocycles. The van der Waals surface area contributed by atoms with Gasteiger partial charge in [-0.15, -0.1) is 0 Å². The third-order valence-electron chi connectivity index (χ3n) is 4.84. The zero-order chi connectivity index (χ0) is 17.3. The molecule has 1 aromatic rings. The lowest BCUT2D eigenvalue weighted by Crippen LogP contribution is -2.46. The summed E-state index contributed by atoms with van der Waals surface area (Å²) in [5.74, 6) is 0.832. The van der Waals surface area contributed by atoms with Crippen LogP contribution < -0.4 is 0 Å². The summed E-state index contributed by atoms with van der Waals surface area (Å²) in [4.78, 5) is 17.6. The topological polar surface area (TPSA) is 79.0 Å². The molecular weight excluding hydrogens is 326 g/mol. The zero-order valence-corrected chi connectivity index (χ0v) is 14.8. The summed E-state index contributed by atoms with van der Waals surface area (Å²) in [5.41, 5.74) is 1.64. The molecule has 130 valence electrons. The molecule has 1 N–H and O–H groups in total. The van der Waals surface area contributed by atoms with Crippen LogP contribution in [0.1, 0.15) is 38.2 Å². The predicted octanol–water partition coefficient (Wildman–Crippen LogP) is 3.63. The first-order valence-electron chi connectivity index (χ1n) is 8.40. The third kappa shape index (κ3) is 3.42. The van der Waals surface area contributed by atoms with Gasteiger partial charge in [0, 0.05) is 23.9 Å². The molecule has 1 aliphatic carbocycles. The SMILES string of the molecule is Cc1cc([N+](=O)[O-])ccc1N=C1SC[C@@H]([C@H](C)O)N1C1CCCC1. The van der Waals surface area contributed by atoms with E-state index in [2.05, 4.69) is 4.90 Å².